The fraction of sp³-hybridized carbons (Fsp3) is 0.438. The fourth-order valence-electron chi connectivity index (χ4n) is 2.60. The fourth-order valence-corrected chi connectivity index (χ4v) is 2.60. The van der Waals surface area contributed by atoms with Crippen LogP contribution in [0.1, 0.15) is 36.0 Å². The van der Waals surface area contributed by atoms with Gasteiger partial charge in [-0.1, -0.05) is 18.2 Å². The minimum absolute atomic E-state index is 0.0254. The number of benzene rings is 1. The van der Waals surface area contributed by atoms with Gasteiger partial charge in [-0.05, 0) is 31.4 Å². The molecular weight excluding hydrogens is 284 g/mol. The third kappa shape index (κ3) is 4.07. The highest BCUT2D eigenvalue weighted by atomic mass is 16.4. The maximum absolute atomic E-state index is 12.4. The van der Waals surface area contributed by atoms with Crippen LogP contribution in [0.3, 0.4) is 0 Å². The lowest BCUT2D eigenvalue weighted by atomic mass is 10.1. The number of carboxylic acid groups (broad SMARTS) is 1. The topological polar surface area (TPSA) is 86.7 Å². The summed E-state index contributed by atoms with van der Waals surface area (Å²) in [5.41, 5.74) is 0.577. The van der Waals surface area contributed by atoms with Gasteiger partial charge in [0.25, 0.3) is 5.91 Å². The molecule has 118 valence electrons. The number of carboxylic acids is 1. The van der Waals surface area contributed by atoms with Crippen molar-refractivity contribution in [2.24, 2.45) is 0 Å². The van der Waals surface area contributed by atoms with Crippen molar-refractivity contribution in [3.05, 3.63) is 35.9 Å². The average Bonchev–Trinajstić information content (AvgIpc) is 3.01. The molecule has 0 radical (unpaired) electrons. The zero-order valence-corrected chi connectivity index (χ0v) is 12.3. The van der Waals surface area contributed by atoms with Crippen LogP contribution in [-0.4, -0.2) is 46.9 Å². The molecule has 6 heteroatoms. The van der Waals surface area contributed by atoms with Crippen molar-refractivity contribution in [3.63, 3.8) is 0 Å². The number of hydrogen-bond acceptors (Lipinski definition) is 3. The van der Waals surface area contributed by atoms with Crippen LogP contribution >= 0.6 is 0 Å². The molecule has 0 saturated carbocycles. The van der Waals surface area contributed by atoms with Gasteiger partial charge < -0.3 is 15.3 Å². The standard InChI is InChI=1S/C16H20N2O4/c19-14(20)9-4-10-17-15(21)13-8-5-11-18(13)16(22)12-6-2-1-3-7-12/h1-3,6-7,13H,4-5,8-11H2,(H,17,21)(H,19,20). The van der Waals surface area contributed by atoms with E-state index in [1.807, 2.05) is 6.07 Å². The first-order valence-electron chi connectivity index (χ1n) is 7.45. The molecule has 0 aromatic heterocycles. The molecule has 0 spiro atoms. The van der Waals surface area contributed by atoms with Crippen LogP contribution in [0.2, 0.25) is 0 Å². The van der Waals surface area contributed by atoms with Gasteiger partial charge in [-0.2, -0.15) is 0 Å². The van der Waals surface area contributed by atoms with Crippen molar-refractivity contribution in [2.45, 2.75) is 31.7 Å². The van der Waals surface area contributed by atoms with Gasteiger partial charge in [-0.15, -0.1) is 0 Å². The molecule has 0 bridgehead atoms. The van der Waals surface area contributed by atoms with Crippen LogP contribution in [0.15, 0.2) is 30.3 Å². The largest absolute Gasteiger partial charge is 0.481 e. The van der Waals surface area contributed by atoms with Gasteiger partial charge in [-0.25, -0.2) is 0 Å². The molecule has 2 N–H and O–H groups in total. The van der Waals surface area contributed by atoms with Crippen LogP contribution in [0.25, 0.3) is 0 Å². The predicted octanol–water partition coefficient (Wildman–Crippen LogP) is 1.27. The highest BCUT2D eigenvalue weighted by molar-refractivity contribution is 5.97. The van der Waals surface area contributed by atoms with E-state index in [2.05, 4.69) is 5.32 Å². The molecule has 2 rings (SSSR count). The third-order valence-electron chi connectivity index (χ3n) is 3.70. The van der Waals surface area contributed by atoms with E-state index in [-0.39, 0.29) is 18.2 Å². The maximum atomic E-state index is 12.4. The normalized spacial score (nSPS) is 17.3. The summed E-state index contributed by atoms with van der Waals surface area (Å²) >= 11 is 0. The molecule has 2 amide bonds. The molecule has 1 unspecified atom stereocenters. The molecule has 1 aromatic carbocycles. The summed E-state index contributed by atoms with van der Waals surface area (Å²) in [7, 11) is 0. The highest BCUT2D eigenvalue weighted by Crippen LogP contribution is 2.20. The summed E-state index contributed by atoms with van der Waals surface area (Å²) in [5.74, 6) is -1.22. The Morgan fingerprint density at radius 3 is 2.64 bits per heavy atom. The first-order chi connectivity index (χ1) is 10.6. The summed E-state index contributed by atoms with van der Waals surface area (Å²) in [4.78, 5) is 36.7. The van der Waals surface area contributed by atoms with Gasteiger partial charge >= 0.3 is 5.97 Å². The number of nitrogens with one attached hydrogen (secondary N) is 1. The number of amides is 2. The maximum Gasteiger partial charge on any atom is 0.303 e. The quantitative estimate of drug-likeness (QED) is 0.775. The van der Waals surface area contributed by atoms with Gasteiger partial charge in [0.2, 0.25) is 5.91 Å². The Bertz CT molecular complexity index is 544. The summed E-state index contributed by atoms with van der Waals surface area (Å²) in [6, 6.07) is 8.45. The lowest BCUT2D eigenvalue weighted by molar-refractivity contribution is -0.137. The first kappa shape index (κ1) is 16.0. The molecule has 1 saturated heterocycles. The van der Waals surface area contributed by atoms with E-state index in [1.54, 1.807) is 29.2 Å². The molecule has 1 fully saturated rings. The van der Waals surface area contributed by atoms with E-state index in [0.29, 0.717) is 31.5 Å². The van der Waals surface area contributed by atoms with Gasteiger partial charge in [0.15, 0.2) is 0 Å². The Kier molecular flexibility index (Phi) is 5.52. The second-order valence-corrected chi connectivity index (χ2v) is 5.31. The van der Waals surface area contributed by atoms with Crippen LogP contribution in [0.5, 0.6) is 0 Å². The zero-order valence-electron chi connectivity index (χ0n) is 12.3. The number of likely N-dealkylation sites (tertiary alicyclic amines) is 1. The van der Waals surface area contributed by atoms with Gasteiger partial charge in [0, 0.05) is 25.1 Å². The van der Waals surface area contributed by atoms with Gasteiger partial charge in [0.05, 0.1) is 0 Å². The Morgan fingerprint density at radius 1 is 1.23 bits per heavy atom. The summed E-state index contributed by atoms with van der Waals surface area (Å²) in [6.07, 6.45) is 1.85. The first-order valence-corrected chi connectivity index (χ1v) is 7.45. The molecular formula is C16H20N2O4. The minimum Gasteiger partial charge on any atom is -0.481 e. The Labute approximate surface area is 129 Å². The number of nitrogens with zero attached hydrogens (tertiary/aromatic N) is 1. The van der Waals surface area contributed by atoms with Crippen molar-refractivity contribution < 1.29 is 19.5 Å². The second kappa shape index (κ2) is 7.59. The number of hydrogen-bond donors (Lipinski definition) is 2. The summed E-state index contributed by atoms with van der Waals surface area (Å²) < 4.78 is 0. The Morgan fingerprint density at radius 2 is 1.95 bits per heavy atom. The van der Waals surface area contributed by atoms with E-state index in [0.717, 1.165) is 6.42 Å². The Hall–Kier alpha value is -2.37. The smallest absolute Gasteiger partial charge is 0.303 e. The molecule has 6 nitrogen and oxygen atoms in total. The summed E-state index contributed by atoms with van der Waals surface area (Å²) in [6.45, 7) is 0.885. The molecule has 1 atom stereocenters. The van der Waals surface area contributed by atoms with Crippen LogP contribution in [-0.2, 0) is 9.59 Å². The van der Waals surface area contributed by atoms with Crippen LogP contribution in [0.4, 0.5) is 0 Å². The van der Waals surface area contributed by atoms with Gasteiger partial charge in [0.1, 0.15) is 6.04 Å². The minimum atomic E-state index is -0.879. The van der Waals surface area contributed by atoms with E-state index in [1.165, 1.54) is 0 Å². The monoisotopic (exact) mass is 304 g/mol. The van der Waals surface area contributed by atoms with E-state index < -0.39 is 12.0 Å². The number of rotatable bonds is 6. The second-order valence-electron chi connectivity index (χ2n) is 5.31. The van der Waals surface area contributed by atoms with Crippen molar-refractivity contribution in [3.8, 4) is 0 Å². The molecule has 1 aromatic rings. The number of aliphatic carboxylic acids is 1. The zero-order chi connectivity index (χ0) is 15.9. The molecule has 0 aliphatic carbocycles. The number of carbonyl (C=O) groups is 3. The lowest BCUT2D eigenvalue weighted by Crippen LogP contribution is -2.46. The van der Waals surface area contributed by atoms with E-state index in [9.17, 15) is 14.4 Å². The summed E-state index contributed by atoms with van der Waals surface area (Å²) in [5, 5.41) is 11.3. The van der Waals surface area contributed by atoms with Crippen LogP contribution < -0.4 is 5.32 Å². The molecule has 1 heterocycles. The van der Waals surface area contributed by atoms with E-state index >= 15 is 0 Å². The van der Waals surface area contributed by atoms with Crippen molar-refractivity contribution >= 4 is 17.8 Å². The predicted molar refractivity (Wildman–Crippen MR) is 80.4 cm³/mol. The van der Waals surface area contributed by atoms with Crippen molar-refractivity contribution in [1.29, 1.82) is 0 Å². The van der Waals surface area contributed by atoms with Crippen LogP contribution in [0, 0.1) is 0 Å². The third-order valence-corrected chi connectivity index (χ3v) is 3.70. The SMILES string of the molecule is O=C(O)CCCNC(=O)C1CCCN1C(=O)c1ccccc1. The van der Waals surface area contributed by atoms with Crippen molar-refractivity contribution in [1.82, 2.24) is 10.2 Å². The molecule has 1 aliphatic rings. The van der Waals surface area contributed by atoms with Crippen molar-refractivity contribution in [2.75, 3.05) is 13.1 Å². The molecule has 1 aliphatic heterocycles. The average molecular weight is 304 g/mol. The molecule has 22 heavy (non-hydrogen) atoms. The Balaban J connectivity index is 1.91. The van der Waals surface area contributed by atoms with Gasteiger partial charge in [-0.3, -0.25) is 14.4 Å². The number of carbonyl (C=O) groups excluding carboxylic acids is 2. The highest BCUT2D eigenvalue weighted by Gasteiger charge is 2.34. The lowest BCUT2D eigenvalue weighted by Gasteiger charge is -2.24. The van der Waals surface area contributed by atoms with E-state index in [4.69, 9.17) is 5.11 Å².